The van der Waals surface area contributed by atoms with Crippen molar-refractivity contribution >= 4 is 0 Å². The summed E-state index contributed by atoms with van der Waals surface area (Å²) in [4.78, 5) is 0. The first-order chi connectivity index (χ1) is 5.20. The monoisotopic (exact) mass is 146 g/mol. The van der Waals surface area contributed by atoms with Gasteiger partial charge in [-0.25, -0.2) is 0 Å². The Kier molecular flexibility index (Phi) is 2.48. The Hall–Kier alpha value is -1.04. The van der Waals surface area contributed by atoms with Gasteiger partial charge in [-0.05, 0) is 25.8 Å². The summed E-state index contributed by atoms with van der Waals surface area (Å²) in [6.45, 7) is 8.09. The third-order valence-corrected chi connectivity index (χ3v) is 1.75. The van der Waals surface area contributed by atoms with Crippen LogP contribution >= 0.6 is 0 Å². The zero-order valence-electron chi connectivity index (χ0n) is 7.22. The molecule has 0 saturated heterocycles. The summed E-state index contributed by atoms with van der Waals surface area (Å²) < 4.78 is 0. The lowest BCUT2D eigenvalue weighted by molar-refractivity contribution is 1.21. The van der Waals surface area contributed by atoms with Crippen molar-refractivity contribution in [2.75, 3.05) is 0 Å². The molecule has 0 aromatic carbocycles. The summed E-state index contributed by atoms with van der Waals surface area (Å²) in [6.07, 6.45) is 9.63. The van der Waals surface area contributed by atoms with Gasteiger partial charge in [-0.2, -0.15) is 0 Å². The summed E-state index contributed by atoms with van der Waals surface area (Å²) in [5, 5.41) is 0. The van der Waals surface area contributed by atoms with Crippen LogP contribution in [0.1, 0.15) is 20.3 Å². The molecule has 0 saturated carbocycles. The number of hydrogen-bond acceptors (Lipinski definition) is 0. The predicted molar refractivity (Wildman–Crippen MR) is 50.4 cm³/mol. The normalized spacial score (nSPS) is 16.9. The highest BCUT2D eigenvalue weighted by molar-refractivity contribution is 5.42. The Morgan fingerprint density at radius 1 is 1.55 bits per heavy atom. The molecule has 58 valence electrons. The molecule has 0 N–H and O–H groups in total. The lowest BCUT2D eigenvalue weighted by atomic mass is 10.1. The van der Waals surface area contributed by atoms with Crippen molar-refractivity contribution < 1.29 is 0 Å². The van der Waals surface area contributed by atoms with Gasteiger partial charge in [0.05, 0.1) is 0 Å². The smallest absolute Gasteiger partial charge is 0.0135 e. The molecule has 0 aromatic rings. The first kappa shape index (κ1) is 8.06. The highest BCUT2D eigenvalue weighted by Crippen LogP contribution is 2.16. The van der Waals surface area contributed by atoms with Gasteiger partial charge in [0.25, 0.3) is 0 Å². The van der Waals surface area contributed by atoms with E-state index in [2.05, 4.69) is 37.8 Å². The molecule has 0 amide bonds. The van der Waals surface area contributed by atoms with Crippen molar-refractivity contribution in [2.45, 2.75) is 20.3 Å². The average Bonchev–Trinajstić information content (AvgIpc) is 2.13. The van der Waals surface area contributed by atoms with E-state index in [1.807, 2.05) is 6.92 Å². The van der Waals surface area contributed by atoms with Crippen molar-refractivity contribution in [3.8, 4) is 0 Å². The maximum absolute atomic E-state index is 3.91. The van der Waals surface area contributed by atoms with Crippen molar-refractivity contribution in [1.82, 2.24) is 0 Å². The van der Waals surface area contributed by atoms with Crippen LogP contribution in [0.5, 0.6) is 0 Å². The van der Waals surface area contributed by atoms with Gasteiger partial charge in [-0.1, -0.05) is 42.0 Å². The maximum Gasteiger partial charge on any atom is -0.0135 e. The predicted octanol–water partition coefficient (Wildman–Crippen LogP) is 3.40. The Morgan fingerprint density at radius 3 is 2.91 bits per heavy atom. The van der Waals surface area contributed by atoms with Crippen LogP contribution in [0.3, 0.4) is 0 Å². The summed E-state index contributed by atoms with van der Waals surface area (Å²) in [6, 6.07) is 0. The molecule has 0 spiro atoms. The summed E-state index contributed by atoms with van der Waals surface area (Å²) in [7, 11) is 0. The van der Waals surface area contributed by atoms with Gasteiger partial charge in [0.1, 0.15) is 0 Å². The van der Waals surface area contributed by atoms with Crippen LogP contribution in [0.25, 0.3) is 0 Å². The molecule has 0 aliphatic heterocycles. The molecule has 1 rings (SSSR count). The van der Waals surface area contributed by atoms with Gasteiger partial charge in [0, 0.05) is 0 Å². The third kappa shape index (κ3) is 2.23. The van der Waals surface area contributed by atoms with Crippen LogP contribution in [0.2, 0.25) is 0 Å². The average molecular weight is 146 g/mol. The van der Waals surface area contributed by atoms with E-state index in [0.29, 0.717) is 0 Å². The zero-order chi connectivity index (χ0) is 8.27. The van der Waals surface area contributed by atoms with Crippen LogP contribution in [0.4, 0.5) is 0 Å². The van der Waals surface area contributed by atoms with Gasteiger partial charge in [0.2, 0.25) is 0 Å². The molecule has 0 bridgehead atoms. The summed E-state index contributed by atoms with van der Waals surface area (Å²) >= 11 is 0. The fourth-order valence-electron chi connectivity index (χ4n) is 1.06. The fourth-order valence-corrected chi connectivity index (χ4v) is 1.06. The molecule has 0 nitrogen and oxygen atoms in total. The summed E-state index contributed by atoms with van der Waals surface area (Å²) in [5.41, 5.74) is 3.78. The van der Waals surface area contributed by atoms with Gasteiger partial charge in [-0.3, -0.25) is 0 Å². The van der Waals surface area contributed by atoms with Gasteiger partial charge in [0.15, 0.2) is 0 Å². The molecule has 0 heterocycles. The van der Waals surface area contributed by atoms with E-state index in [1.54, 1.807) is 0 Å². The quantitative estimate of drug-likeness (QED) is 0.532. The van der Waals surface area contributed by atoms with Gasteiger partial charge < -0.3 is 0 Å². The van der Waals surface area contributed by atoms with Crippen LogP contribution in [0.15, 0.2) is 47.6 Å². The van der Waals surface area contributed by atoms with Crippen LogP contribution < -0.4 is 0 Å². The molecule has 0 atom stereocenters. The molecule has 11 heavy (non-hydrogen) atoms. The SMILES string of the molecule is C=C(C)C1=CC=CCC(C)=C1. The molecule has 0 radical (unpaired) electrons. The van der Waals surface area contributed by atoms with Crippen LogP contribution in [-0.4, -0.2) is 0 Å². The minimum atomic E-state index is 1.06. The van der Waals surface area contributed by atoms with Gasteiger partial charge >= 0.3 is 0 Å². The zero-order valence-corrected chi connectivity index (χ0v) is 7.22. The molecule has 0 fully saturated rings. The van der Waals surface area contributed by atoms with Gasteiger partial charge in [-0.15, -0.1) is 0 Å². The minimum absolute atomic E-state index is 1.06. The first-order valence-corrected chi connectivity index (χ1v) is 3.90. The Morgan fingerprint density at radius 2 is 2.27 bits per heavy atom. The van der Waals surface area contributed by atoms with Crippen molar-refractivity contribution in [1.29, 1.82) is 0 Å². The van der Waals surface area contributed by atoms with Crippen LogP contribution in [-0.2, 0) is 0 Å². The third-order valence-electron chi connectivity index (χ3n) is 1.75. The van der Waals surface area contributed by atoms with Crippen molar-refractivity contribution in [3.63, 3.8) is 0 Å². The molecular formula is C11H14. The minimum Gasteiger partial charge on any atom is -0.0955 e. The highest BCUT2D eigenvalue weighted by Gasteiger charge is 1.96. The van der Waals surface area contributed by atoms with E-state index in [1.165, 1.54) is 11.1 Å². The molecule has 1 aliphatic rings. The van der Waals surface area contributed by atoms with Crippen LogP contribution in [0, 0.1) is 0 Å². The first-order valence-electron chi connectivity index (χ1n) is 3.90. The van der Waals surface area contributed by atoms with E-state index in [-0.39, 0.29) is 0 Å². The maximum atomic E-state index is 3.91. The number of allylic oxidation sites excluding steroid dienone is 7. The van der Waals surface area contributed by atoms with Crippen molar-refractivity contribution in [2.24, 2.45) is 0 Å². The van der Waals surface area contributed by atoms with E-state index < -0.39 is 0 Å². The van der Waals surface area contributed by atoms with Crippen molar-refractivity contribution in [3.05, 3.63) is 47.6 Å². The molecule has 0 aromatic heterocycles. The fraction of sp³-hybridized carbons (Fsp3) is 0.273. The highest BCUT2D eigenvalue weighted by atomic mass is 14.0. The Labute approximate surface area is 68.6 Å². The number of rotatable bonds is 1. The topological polar surface area (TPSA) is 0 Å². The Bertz CT molecular complexity index is 249. The lowest BCUT2D eigenvalue weighted by Gasteiger charge is -1.99. The second kappa shape index (κ2) is 3.38. The standard InChI is InChI=1S/C11H14/c1-9(2)11-7-5-4-6-10(3)8-11/h4-5,7-8H,1,6H2,2-3H3. The largest absolute Gasteiger partial charge is 0.0955 e. The number of hydrogen-bond donors (Lipinski definition) is 0. The molecular weight excluding hydrogens is 132 g/mol. The van der Waals surface area contributed by atoms with E-state index in [9.17, 15) is 0 Å². The summed E-state index contributed by atoms with van der Waals surface area (Å²) in [5.74, 6) is 0. The molecule has 0 unspecified atom stereocenters. The van der Waals surface area contributed by atoms with E-state index in [0.717, 1.165) is 12.0 Å². The molecule has 1 aliphatic carbocycles. The second-order valence-electron chi connectivity index (χ2n) is 3.03. The Balaban J connectivity index is 2.93. The second-order valence-corrected chi connectivity index (χ2v) is 3.03. The van der Waals surface area contributed by atoms with E-state index >= 15 is 0 Å². The lowest BCUT2D eigenvalue weighted by Crippen LogP contribution is -1.79. The van der Waals surface area contributed by atoms with E-state index in [4.69, 9.17) is 0 Å². The molecule has 0 heteroatoms.